The van der Waals surface area contributed by atoms with E-state index in [4.69, 9.17) is 15.2 Å². The highest BCUT2D eigenvalue weighted by atomic mass is 19.1. The molecule has 3 heterocycles. The van der Waals surface area contributed by atoms with E-state index in [1.165, 1.54) is 0 Å². The molecule has 0 aliphatic carbocycles. The fourth-order valence-corrected chi connectivity index (χ4v) is 3.14. The van der Waals surface area contributed by atoms with Gasteiger partial charge in [0.05, 0.1) is 30.9 Å². The van der Waals surface area contributed by atoms with Gasteiger partial charge in [0.2, 0.25) is 5.88 Å². The molecule has 2 aliphatic rings. The zero-order valence-electron chi connectivity index (χ0n) is 18.0. The molecule has 1 aromatic heterocycles. The van der Waals surface area contributed by atoms with Crippen molar-refractivity contribution < 1.29 is 33.3 Å². The van der Waals surface area contributed by atoms with Gasteiger partial charge in [0.1, 0.15) is 25.6 Å². The summed E-state index contributed by atoms with van der Waals surface area (Å²) in [6.45, 7) is 4.33. The molecule has 0 aromatic carbocycles. The monoisotopic (exact) mass is 441 g/mol. The zero-order chi connectivity index (χ0) is 22.7. The van der Waals surface area contributed by atoms with Crippen LogP contribution in [0.25, 0.3) is 0 Å². The Balaban J connectivity index is 0.000000323. The van der Waals surface area contributed by atoms with Crippen molar-refractivity contribution >= 4 is 17.6 Å². The molecule has 0 saturated carbocycles. The van der Waals surface area contributed by atoms with Gasteiger partial charge < -0.3 is 30.0 Å². The fraction of sp³-hybridized carbons (Fsp3) is 0.667. The fourth-order valence-electron chi connectivity index (χ4n) is 3.14. The molecule has 1 aromatic rings. The van der Waals surface area contributed by atoms with Gasteiger partial charge in [-0.25, -0.2) is 9.37 Å². The van der Waals surface area contributed by atoms with E-state index in [9.17, 15) is 19.1 Å². The number of aromatic nitrogens is 1. The van der Waals surface area contributed by atoms with Crippen LogP contribution in [0.5, 0.6) is 5.88 Å². The van der Waals surface area contributed by atoms with Crippen molar-refractivity contribution in [2.45, 2.75) is 32.6 Å². The number of amides is 1. The number of rotatable bonds is 10. The minimum absolute atomic E-state index is 0.00155. The van der Waals surface area contributed by atoms with E-state index in [0.717, 1.165) is 38.0 Å². The lowest BCUT2D eigenvalue weighted by Gasteiger charge is -2.39. The number of primary amides is 1. The van der Waals surface area contributed by atoms with E-state index in [1.54, 1.807) is 6.07 Å². The highest BCUT2D eigenvalue weighted by molar-refractivity contribution is 5.91. The van der Waals surface area contributed by atoms with E-state index in [-0.39, 0.29) is 30.3 Å². The molecule has 9 nitrogen and oxygen atoms in total. The second-order valence-electron chi connectivity index (χ2n) is 7.68. The number of carbonyl (C=O) groups is 2. The molecule has 10 heteroatoms. The van der Waals surface area contributed by atoms with Crippen molar-refractivity contribution in [2.24, 2.45) is 11.1 Å². The van der Waals surface area contributed by atoms with Crippen LogP contribution in [0.1, 0.15) is 43.1 Å². The van der Waals surface area contributed by atoms with Crippen LogP contribution in [-0.4, -0.2) is 74.8 Å². The van der Waals surface area contributed by atoms with Crippen molar-refractivity contribution in [3.05, 3.63) is 17.8 Å². The van der Waals surface area contributed by atoms with Gasteiger partial charge in [-0.05, 0) is 31.4 Å². The minimum atomic E-state index is -0.588. The number of anilines is 1. The summed E-state index contributed by atoms with van der Waals surface area (Å²) in [7, 11) is 0. The number of aliphatic hydroxyl groups is 1. The first-order chi connectivity index (χ1) is 14.9. The van der Waals surface area contributed by atoms with Crippen LogP contribution in [0.15, 0.2) is 12.1 Å². The van der Waals surface area contributed by atoms with Crippen LogP contribution in [0.2, 0.25) is 0 Å². The van der Waals surface area contributed by atoms with E-state index >= 15 is 0 Å². The molecule has 2 fully saturated rings. The Bertz CT molecular complexity index is 718. The average Bonchev–Trinajstić information content (AvgIpc) is 3.27. The number of hydrogen-bond acceptors (Lipinski definition) is 8. The molecule has 0 unspecified atom stereocenters. The van der Waals surface area contributed by atoms with Crippen molar-refractivity contribution in [2.75, 3.05) is 57.7 Å². The van der Waals surface area contributed by atoms with Crippen LogP contribution in [0.3, 0.4) is 0 Å². The van der Waals surface area contributed by atoms with Gasteiger partial charge in [-0.15, -0.1) is 0 Å². The number of aliphatic hydroxyl groups excluding tert-OH is 1. The standard InChI is InChI=1S/C15H21N3O4.C6H11FO2/c16-13(20)11-3-4-12(18-5-1-2-6-18)14(17-11)22-10-15(7-19)8-21-9-15;1-2-3-6(8)9-5-4-7/h3-4,19H,1-2,5-10H2,(H2,16,20);2-5H2,1H3. The second kappa shape index (κ2) is 12.4. The molecule has 2 saturated heterocycles. The summed E-state index contributed by atoms with van der Waals surface area (Å²) in [6.07, 6.45) is 3.40. The first-order valence-electron chi connectivity index (χ1n) is 10.5. The molecule has 0 bridgehead atoms. The summed E-state index contributed by atoms with van der Waals surface area (Å²) in [6, 6.07) is 3.45. The van der Waals surface area contributed by atoms with Crippen molar-refractivity contribution in [1.82, 2.24) is 4.98 Å². The van der Waals surface area contributed by atoms with Crippen LogP contribution >= 0.6 is 0 Å². The highest BCUT2D eigenvalue weighted by Gasteiger charge is 2.39. The molecule has 174 valence electrons. The molecule has 1 amide bonds. The van der Waals surface area contributed by atoms with Gasteiger partial charge in [0, 0.05) is 19.5 Å². The number of nitrogens with two attached hydrogens (primary N) is 1. The van der Waals surface area contributed by atoms with Gasteiger partial charge >= 0.3 is 5.97 Å². The third kappa shape index (κ3) is 7.32. The molecule has 0 radical (unpaired) electrons. The molecule has 3 rings (SSSR count). The molecule has 2 aliphatic heterocycles. The second-order valence-corrected chi connectivity index (χ2v) is 7.68. The number of alkyl halides is 1. The average molecular weight is 442 g/mol. The predicted molar refractivity (Wildman–Crippen MR) is 112 cm³/mol. The highest BCUT2D eigenvalue weighted by Crippen LogP contribution is 2.33. The Hall–Kier alpha value is -2.46. The summed E-state index contributed by atoms with van der Waals surface area (Å²) >= 11 is 0. The predicted octanol–water partition coefficient (Wildman–Crippen LogP) is 1.47. The first kappa shape index (κ1) is 24.8. The maximum atomic E-state index is 11.3. The van der Waals surface area contributed by atoms with Crippen molar-refractivity contribution in [3.8, 4) is 5.88 Å². The number of pyridine rings is 1. The lowest BCUT2D eigenvalue weighted by molar-refractivity contribution is -0.153. The van der Waals surface area contributed by atoms with E-state index in [0.29, 0.717) is 32.1 Å². The van der Waals surface area contributed by atoms with Gasteiger partial charge in [0.25, 0.3) is 5.91 Å². The summed E-state index contributed by atoms with van der Waals surface area (Å²) in [5.41, 5.74) is 5.99. The van der Waals surface area contributed by atoms with E-state index < -0.39 is 12.6 Å². The van der Waals surface area contributed by atoms with Crippen LogP contribution in [-0.2, 0) is 14.3 Å². The number of ether oxygens (including phenoxy) is 3. The smallest absolute Gasteiger partial charge is 0.305 e. The SMILES string of the molecule is CCCC(=O)OCCF.NC(=O)c1ccc(N2CCCC2)c(OCC2(CO)COC2)n1. The Morgan fingerprint density at radius 3 is 2.55 bits per heavy atom. The third-order valence-electron chi connectivity index (χ3n) is 5.00. The normalized spacial score (nSPS) is 16.7. The van der Waals surface area contributed by atoms with Gasteiger partial charge in [0.15, 0.2) is 0 Å². The Morgan fingerprint density at radius 1 is 1.32 bits per heavy atom. The largest absolute Gasteiger partial charge is 0.475 e. The van der Waals surface area contributed by atoms with Crippen LogP contribution in [0.4, 0.5) is 10.1 Å². The summed E-state index contributed by atoms with van der Waals surface area (Å²) < 4.78 is 26.7. The van der Waals surface area contributed by atoms with Gasteiger partial charge in [-0.1, -0.05) is 6.92 Å². The summed E-state index contributed by atoms with van der Waals surface area (Å²) in [5, 5.41) is 9.47. The molecule has 31 heavy (non-hydrogen) atoms. The van der Waals surface area contributed by atoms with Gasteiger partial charge in [-0.3, -0.25) is 9.59 Å². The number of carbonyl (C=O) groups excluding carboxylic acids is 2. The Labute approximate surface area is 181 Å². The van der Waals surface area contributed by atoms with Gasteiger partial charge in [-0.2, -0.15) is 0 Å². The minimum Gasteiger partial charge on any atom is -0.475 e. The number of esters is 1. The molecule has 3 N–H and O–H groups in total. The topological polar surface area (TPSA) is 124 Å². The van der Waals surface area contributed by atoms with Crippen molar-refractivity contribution in [1.29, 1.82) is 0 Å². The number of halogens is 1. The van der Waals surface area contributed by atoms with Crippen LogP contribution < -0.4 is 15.4 Å². The molecular weight excluding hydrogens is 409 g/mol. The number of nitrogens with zero attached hydrogens (tertiary/aromatic N) is 2. The Morgan fingerprint density at radius 2 is 2.03 bits per heavy atom. The van der Waals surface area contributed by atoms with Crippen molar-refractivity contribution in [3.63, 3.8) is 0 Å². The van der Waals surface area contributed by atoms with E-state index in [2.05, 4.69) is 14.6 Å². The zero-order valence-corrected chi connectivity index (χ0v) is 18.0. The summed E-state index contributed by atoms with van der Waals surface area (Å²) in [4.78, 5) is 28.2. The lowest BCUT2D eigenvalue weighted by Crippen LogP contribution is -2.50. The maximum absolute atomic E-state index is 11.3. The van der Waals surface area contributed by atoms with E-state index in [1.807, 2.05) is 13.0 Å². The lowest BCUT2D eigenvalue weighted by atomic mass is 9.88. The summed E-state index contributed by atoms with van der Waals surface area (Å²) in [5.74, 6) is -0.491. The molecular formula is C21H32FN3O6. The molecule has 0 spiro atoms. The third-order valence-corrected chi connectivity index (χ3v) is 5.00. The first-order valence-corrected chi connectivity index (χ1v) is 10.5. The maximum Gasteiger partial charge on any atom is 0.305 e. The van der Waals surface area contributed by atoms with Crippen LogP contribution in [0, 0.1) is 5.41 Å². The quantitative estimate of drug-likeness (QED) is 0.523. The Kier molecular flexibility index (Phi) is 9.93. The number of hydrogen-bond donors (Lipinski definition) is 2. The molecule has 0 atom stereocenters.